The molecule has 29 heavy (non-hydrogen) atoms. The first-order valence-electron chi connectivity index (χ1n) is 9.39. The Morgan fingerprint density at radius 1 is 1.28 bits per heavy atom. The molecule has 1 aromatic heterocycles. The molecule has 0 unspecified atom stereocenters. The molecule has 1 aliphatic carbocycles. The normalized spacial score (nSPS) is 19.5. The number of nitrogens with zero attached hydrogens (tertiary/aromatic N) is 4. The molecule has 0 aliphatic heterocycles. The summed E-state index contributed by atoms with van der Waals surface area (Å²) in [5.41, 5.74) is 18.4. The van der Waals surface area contributed by atoms with Gasteiger partial charge >= 0.3 is 0 Å². The molecule has 10 heteroatoms. The van der Waals surface area contributed by atoms with Crippen molar-refractivity contribution in [3.8, 4) is 0 Å². The highest BCUT2D eigenvalue weighted by Gasteiger charge is 2.23. The van der Waals surface area contributed by atoms with Crippen LogP contribution in [0, 0.1) is 0 Å². The molecule has 1 amide bonds. The number of primary amides is 1. The van der Waals surface area contributed by atoms with Crippen LogP contribution in [0.3, 0.4) is 0 Å². The van der Waals surface area contributed by atoms with Crippen LogP contribution in [0.1, 0.15) is 36.0 Å². The molecule has 1 heterocycles. The number of hydrogen-bond acceptors (Lipinski definition) is 7. The van der Waals surface area contributed by atoms with Gasteiger partial charge in [-0.1, -0.05) is 18.9 Å². The van der Waals surface area contributed by atoms with E-state index in [1.54, 1.807) is 12.1 Å². The number of benzene rings is 1. The standard InChI is InChI=1S/C19H25N9O/c20-10-23-11-25-12-4-3-5-13(8-12)26-18-14(17(22)29)9-24-19(28-18)27-16-7-2-1-6-15(16)21/h3-5,8-11,15-16H,1-2,6-7,21H2,(H2,22,29)(H2,20,23,25)(H2,24,26,27,28)/t15-,16+/m0/s1. The van der Waals surface area contributed by atoms with Crippen molar-refractivity contribution >= 4 is 41.7 Å². The number of nitrogens with two attached hydrogens (primary N) is 3. The maximum absolute atomic E-state index is 11.8. The second-order valence-electron chi connectivity index (χ2n) is 6.74. The Bertz CT molecular complexity index is 912. The van der Waals surface area contributed by atoms with E-state index in [9.17, 15) is 4.79 Å². The number of anilines is 3. The van der Waals surface area contributed by atoms with Crippen LogP contribution in [-0.2, 0) is 0 Å². The van der Waals surface area contributed by atoms with Crippen LogP contribution < -0.4 is 27.8 Å². The van der Waals surface area contributed by atoms with E-state index in [4.69, 9.17) is 17.2 Å². The highest BCUT2D eigenvalue weighted by atomic mass is 16.1. The number of aromatic nitrogens is 2. The van der Waals surface area contributed by atoms with Gasteiger partial charge in [0.25, 0.3) is 5.91 Å². The van der Waals surface area contributed by atoms with Crippen LogP contribution in [0.2, 0.25) is 0 Å². The number of rotatable bonds is 7. The summed E-state index contributed by atoms with van der Waals surface area (Å²) < 4.78 is 0. The predicted octanol–water partition coefficient (Wildman–Crippen LogP) is 1.65. The molecule has 8 N–H and O–H groups in total. The first kappa shape index (κ1) is 20.2. The molecule has 3 rings (SSSR count). The number of nitrogens with one attached hydrogen (secondary N) is 2. The second-order valence-corrected chi connectivity index (χ2v) is 6.74. The Morgan fingerprint density at radius 2 is 2.10 bits per heavy atom. The zero-order valence-electron chi connectivity index (χ0n) is 16.0. The highest BCUT2D eigenvalue weighted by Crippen LogP contribution is 2.25. The quantitative estimate of drug-likeness (QED) is 0.350. The summed E-state index contributed by atoms with van der Waals surface area (Å²) in [5, 5.41) is 6.39. The molecular formula is C19H25N9O. The van der Waals surface area contributed by atoms with Gasteiger partial charge in [-0.15, -0.1) is 0 Å². The van der Waals surface area contributed by atoms with Gasteiger partial charge in [-0.25, -0.2) is 15.0 Å². The van der Waals surface area contributed by atoms with Crippen LogP contribution >= 0.6 is 0 Å². The first-order valence-corrected chi connectivity index (χ1v) is 9.39. The number of hydrogen-bond donors (Lipinski definition) is 5. The SMILES string of the molecule is NC=NC=Nc1cccc(Nc2nc(N[C@@H]3CCCC[C@@H]3N)ncc2C(N)=O)c1. The minimum atomic E-state index is -0.625. The monoisotopic (exact) mass is 395 g/mol. The second kappa shape index (κ2) is 9.60. The minimum Gasteiger partial charge on any atom is -0.390 e. The van der Waals surface area contributed by atoms with Crippen LogP contribution in [-0.4, -0.2) is 40.6 Å². The number of carbonyl (C=O) groups is 1. The molecule has 0 spiro atoms. The Hall–Kier alpha value is -3.53. The molecule has 2 atom stereocenters. The zero-order valence-corrected chi connectivity index (χ0v) is 16.0. The van der Waals surface area contributed by atoms with Gasteiger partial charge in [0.05, 0.1) is 12.0 Å². The van der Waals surface area contributed by atoms with E-state index in [1.807, 2.05) is 12.1 Å². The fourth-order valence-electron chi connectivity index (χ4n) is 3.17. The van der Waals surface area contributed by atoms with E-state index < -0.39 is 5.91 Å². The summed E-state index contributed by atoms with van der Waals surface area (Å²) in [6.07, 6.45) is 8.05. The van der Waals surface area contributed by atoms with Gasteiger partial charge in [0, 0.05) is 24.0 Å². The van der Waals surface area contributed by atoms with Gasteiger partial charge in [0.15, 0.2) is 0 Å². The first-order chi connectivity index (χ1) is 14.1. The average molecular weight is 395 g/mol. The largest absolute Gasteiger partial charge is 0.390 e. The summed E-state index contributed by atoms with van der Waals surface area (Å²) in [6.45, 7) is 0. The van der Waals surface area contributed by atoms with Gasteiger partial charge in [-0.2, -0.15) is 4.98 Å². The van der Waals surface area contributed by atoms with Gasteiger partial charge in [0.2, 0.25) is 5.95 Å². The smallest absolute Gasteiger partial charge is 0.254 e. The third-order valence-corrected chi connectivity index (χ3v) is 4.66. The van der Waals surface area contributed by atoms with Crippen molar-refractivity contribution in [1.29, 1.82) is 0 Å². The molecule has 2 aromatic rings. The van der Waals surface area contributed by atoms with Crippen molar-refractivity contribution in [2.24, 2.45) is 27.2 Å². The van der Waals surface area contributed by atoms with Gasteiger partial charge < -0.3 is 27.8 Å². The number of aliphatic imine (C=N–C) groups is 2. The van der Waals surface area contributed by atoms with Gasteiger partial charge in [0.1, 0.15) is 17.7 Å². The minimum absolute atomic E-state index is 0.0466. The predicted molar refractivity (Wildman–Crippen MR) is 115 cm³/mol. The molecule has 1 fully saturated rings. The Kier molecular flexibility index (Phi) is 6.69. The fourth-order valence-corrected chi connectivity index (χ4v) is 3.17. The van der Waals surface area contributed by atoms with Crippen molar-refractivity contribution in [3.63, 3.8) is 0 Å². The van der Waals surface area contributed by atoms with Crippen LogP contribution in [0.5, 0.6) is 0 Å². The lowest BCUT2D eigenvalue weighted by Crippen LogP contribution is -2.43. The van der Waals surface area contributed by atoms with Crippen LogP contribution in [0.25, 0.3) is 0 Å². The van der Waals surface area contributed by atoms with E-state index in [2.05, 4.69) is 30.6 Å². The maximum Gasteiger partial charge on any atom is 0.254 e. The molecule has 10 nitrogen and oxygen atoms in total. The lowest BCUT2D eigenvalue weighted by atomic mass is 9.91. The molecule has 1 saturated carbocycles. The molecule has 0 radical (unpaired) electrons. The van der Waals surface area contributed by atoms with Crippen molar-refractivity contribution < 1.29 is 4.79 Å². The van der Waals surface area contributed by atoms with Gasteiger partial charge in [-0.05, 0) is 31.0 Å². The summed E-state index contributed by atoms with van der Waals surface area (Å²) in [6, 6.07) is 7.36. The molecule has 1 aromatic carbocycles. The Balaban J connectivity index is 1.83. The van der Waals surface area contributed by atoms with E-state index in [0.29, 0.717) is 23.1 Å². The zero-order chi connectivity index (χ0) is 20.6. The maximum atomic E-state index is 11.8. The van der Waals surface area contributed by atoms with E-state index in [0.717, 1.165) is 32.0 Å². The fraction of sp³-hybridized carbons (Fsp3) is 0.316. The van der Waals surface area contributed by atoms with E-state index in [-0.39, 0.29) is 17.6 Å². The third-order valence-electron chi connectivity index (χ3n) is 4.66. The molecular weight excluding hydrogens is 370 g/mol. The topological polar surface area (TPSA) is 170 Å². The Labute approximate surface area is 168 Å². The van der Waals surface area contributed by atoms with Crippen molar-refractivity contribution in [1.82, 2.24) is 9.97 Å². The molecule has 0 bridgehead atoms. The number of carbonyl (C=O) groups excluding carboxylic acids is 1. The molecule has 0 saturated heterocycles. The Morgan fingerprint density at radius 3 is 2.86 bits per heavy atom. The third kappa shape index (κ3) is 5.48. The lowest BCUT2D eigenvalue weighted by Gasteiger charge is -2.29. The summed E-state index contributed by atoms with van der Waals surface area (Å²) >= 11 is 0. The highest BCUT2D eigenvalue weighted by molar-refractivity contribution is 5.98. The average Bonchev–Trinajstić information content (AvgIpc) is 2.70. The summed E-state index contributed by atoms with van der Waals surface area (Å²) in [5.74, 6) is 0.0756. The van der Waals surface area contributed by atoms with Crippen LogP contribution in [0.15, 0.2) is 40.4 Å². The summed E-state index contributed by atoms with van der Waals surface area (Å²) in [4.78, 5) is 28.4. The van der Waals surface area contributed by atoms with Crippen molar-refractivity contribution in [3.05, 3.63) is 36.0 Å². The lowest BCUT2D eigenvalue weighted by molar-refractivity contribution is 0.100. The summed E-state index contributed by atoms with van der Waals surface area (Å²) in [7, 11) is 0. The van der Waals surface area contributed by atoms with E-state index in [1.165, 1.54) is 12.5 Å². The van der Waals surface area contributed by atoms with Crippen LogP contribution in [0.4, 0.5) is 23.1 Å². The molecule has 1 aliphatic rings. The van der Waals surface area contributed by atoms with Gasteiger partial charge in [-0.3, -0.25) is 4.79 Å². The number of amides is 1. The van der Waals surface area contributed by atoms with E-state index >= 15 is 0 Å². The molecule has 152 valence electrons. The van der Waals surface area contributed by atoms with Crippen molar-refractivity contribution in [2.75, 3.05) is 10.6 Å². The van der Waals surface area contributed by atoms with Crippen molar-refractivity contribution in [2.45, 2.75) is 37.8 Å².